The van der Waals surface area contributed by atoms with Gasteiger partial charge in [0.15, 0.2) is 11.6 Å². The van der Waals surface area contributed by atoms with Crippen LogP contribution in [0.4, 0.5) is 8.78 Å². The van der Waals surface area contributed by atoms with Crippen LogP contribution in [0.5, 0.6) is 5.75 Å². The zero-order chi connectivity index (χ0) is 15.6. The maximum Gasteiger partial charge on any atom is 0.241 e. The van der Waals surface area contributed by atoms with Gasteiger partial charge in [-0.25, -0.2) is 17.9 Å². The molecule has 0 unspecified atom stereocenters. The summed E-state index contributed by atoms with van der Waals surface area (Å²) in [7, 11) is -2.78. The fraction of sp³-hybridized carbons (Fsp3) is 0.500. The van der Waals surface area contributed by atoms with Crippen molar-refractivity contribution in [1.82, 2.24) is 0 Å². The molecule has 1 aromatic rings. The number of benzene rings is 1. The summed E-state index contributed by atoms with van der Waals surface area (Å²) in [5.41, 5.74) is -0.463. The van der Waals surface area contributed by atoms with Gasteiger partial charge in [0.2, 0.25) is 15.8 Å². The van der Waals surface area contributed by atoms with E-state index in [-0.39, 0.29) is 12.4 Å². The predicted molar refractivity (Wildman–Crippen MR) is 68.9 cm³/mol. The molecule has 1 rings (SSSR count). The van der Waals surface area contributed by atoms with Crippen molar-refractivity contribution in [3.05, 3.63) is 23.8 Å². The van der Waals surface area contributed by atoms with Gasteiger partial charge in [-0.15, -0.1) is 0 Å². The van der Waals surface area contributed by atoms with Gasteiger partial charge in [0.1, 0.15) is 4.90 Å². The Bertz CT molecular complexity index is 587. The highest BCUT2D eigenvalue weighted by Crippen LogP contribution is 2.25. The largest absolute Gasteiger partial charge is 0.490 e. The van der Waals surface area contributed by atoms with E-state index in [0.29, 0.717) is 6.42 Å². The molecule has 2 N–H and O–H groups in total. The predicted octanol–water partition coefficient (Wildman–Crippen LogP) is 1.81. The molecular weight excluding hydrogens is 292 g/mol. The third kappa shape index (κ3) is 4.12. The first-order valence-corrected chi connectivity index (χ1v) is 7.32. The van der Waals surface area contributed by atoms with Crippen molar-refractivity contribution < 1.29 is 26.7 Å². The van der Waals surface area contributed by atoms with Gasteiger partial charge in [0, 0.05) is 13.5 Å². The Morgan fingerprint density at radius 3 is 2.35 bits per heavy atom. The summed E-state index contributed by atoms with van der Waals surface area (Å²) in [6.07, 6.45) is 0.446. The lowest BCUT2D eigenvalue weighted by molar-refractivity contribution is 0.00508. The molecule has 114 valence electrons. The highest BCUT2D eigenvalue weighted by molar-refractivity contribution is 7.89. The minimum atomic E-state index is -4.31. The summed E-state index contributed by atoms with van der Waals surface area (Å²) in [5, 5.41) is 4.76. The van der Waals surface area contributed by atoms with E-state index in [4.69, 9.17) is 14.6 Å². The van der Waals surface area contributed by atoms with Crippen molar-refractivity contribution in [3.8, 4) is 5.75 Å². The number of ether oxygens (including phenoxy) is 2. The number of halogens is 2. The van der Waals surface area contributed by atoms with Gasteiger partial charge in [-0.05, 0) is 26.0 Å². The molecule has 0 aliphatic carbocycles. The van der Waals surface area contributed by atoms with Crippen LogP contribution in [0.25, 0.3) is 0 Å². The Balaban J connectivity index is 2.87. The molecule has 8 heteroatoms. The van der Waals surface area contributed by atoms with Crippen molar-refractivity contribution in [2.24, 2.45) is 5.14 Å². The number of hydrogen-bond donors (Lipinski definition) is 1. The Morgan fingerprint density at radius 2 is 1.85 bits per heavy atom. The molecular formula is C12H17F2NO4S. The first kappa shape index (κ1) is 16.8. The number of primary sulfonamides is 1. The first-order chi connectivity index (χ1) is 9.08. The second-order valence-electron chi connectivity index (χ2n) is 4.80. The number of hydrogen-bond acceptors (Lipinski definition) is 4. The second kappa shape index (κ2) is 6.02. The molecule has 0 fully saturated rings. The standard InChI is InChI=1S/C12H17F2NO4S/c1-12(2,18-3)6-7-19-8-4-5-9(20(15,16)17)11(14)10(8)13/h4-5H,6-7H2,1-3H3,(H2,15,16,17). The van der Waals surface area contributed by atoms with Crippen molar-refractivity contribution in [3.63, 3.8) is 0 Å². The summed E-state index contributed by atoms with van der Waals surface area (Å²) in [6.45, 7) is 3.72. The highest BCUT2D eigenvalue weighted by Gasteiger charge is 2.22. The van der Waals surface area contributed by atoms with E-state index in [0.717, 1.165) is 12.1 Å². The summed E-state index contributed by atoms with van der Waals surface area (Å²) in [5.74, 6) is -3.30. The molecule has 0 saturated carbocycles. The van der Waals surface area contributed by atoms with Crippen LogP contribution in [0.1, 0.15) is 20.3 Å². The van der Waals surface area contributed by atoms with Gasteiger partial charge >= 0.3 is 0 Å². The Hall–Kier alpha value is -1.25. The molecule has 1 aromatic carbocycles. The molecule has 0 bridgehead atoms. The van der Waals surface area contributed by atoms with Crippen LogP contribution in [0.15, 0.2) is 17.0 Å². The van der Waals surface area contributed by atoms with Gasteiger partial charge in [-0.1, -0.05) is 0 Å². The molecule has 0 radical (unpaired) electrons. The van der Waals surface area contributed by atoms with E-state index in [2.05, 4.69) is 0 Å². The molecule has 0 aliphatic rings. The van der Waals surface area contributed by atoms with Gasteiger partial charge in [0.05, 0.1) is 12.2 Å². The van der Waals surface area contributed by atoms with Crippen LogP contribution in [0.2, 0.25) is 0 Å². The lowest BCUT2D eigenvalue weighted by Gasteiger charge is -2.22. The van der Waals surface area contributed by atoms with Crippen molar-refractivity contribution >= 4 is 10.0 Å². The summed E-state index contributed by atoms with van der Waals surface area (Å²) in [6, 6.07) is 1.89. The van der Waals surface area contributed by atoms with Gasteiger partial charge in [0.25, 0.3) is 0 Å². The first-order valence-electron chi connectivity index (χ1n) is 5.77. The average molecular weight is 309 g/mol. The van der Waals surface area contributed by atoms with Gasteiger partial charge in [-0.3, -0.25) is 0 Å². The average Bonchev–Trinajstić information content (AvgIpc) is 2.33. The smallest absolute Gasteiger partial charge is 0.241 e. The minimum absolute atomic E-state index is 0.0892. The number of methoxy groups -OCH3 is 1. The minimum Gasteiger partial charge on any atom is -0.490 e. The van der Waals surface area contributed by atoms with Crippen molar-refractivity contribution in [2.45, 2.75) is 30.8 Å². The highest BCUT2D eigenvalue weighted by atomic mass is 32.2. The van der Waals surface area contributed by atoms with Gasteiger partial charge in [-0.2, -0.15) is 4.39 Å². The molecule has 0 aromatic heterocycles. The molecule has 0 aliphatic heterocycles. The van der Waals surface area contributed by atoms with Crippen LogP contribution in [-0.2, 0) is 14.8 Å². The molecule has 5 nitrogen and oxygen atoms in total. The third-order valence-corrected chi connectivity index (χ3v) is 3.76. The van der Waals surface area contributed by atoms with E-state index in [1.54, 1.807) is 0 Å². The molecule has 0 spiro atoms. The van der Waals surface area contributed by atoms with Crippen LogP contribution < -0.4 is 9.88 Å². The van der Waals surface area contributed by atoms with E-state index in [9.17, 15) is 17.2 Å². The Kier molecular flexibility index (Phi) is 5.06. The summed E-state index contributed by atoms with van der Waals surface area (Å²) in [4.78, 5) is -0.903. The van der Waals surface area contributed by atoms with Crippen LogP contribution in [0.3, 0.4) is 0 Å². The summed E-state index contributed by atoms with van der Waals surface area (Å²) < 4.78 is 59.5. The molecule has 20 heavy (non-hydrogen) atoms. The van der Waals surface area contributed by atoms with Crippen molar-refractivity contribution in [2.75, 3.05) is 13.7 Å². The summed E-state index contributed by atoms with van der Waals surface area (Å²) >= 11 is 0. The normalized spacial score (nSPS) is 12.5. The van der Waals surface area contributed by atoms with Crippen molar-refractivity contribution in [1.29, 1.82) is 0 Å². The SMILES string of the molecule is COC(C)(C)CCOc1ccc(S(N)(=O)=O)c(F)c1F. The Labute approximate surface area is 116 Å². The molecule has 0 amide bonds. The van der Waals surface area contributed by atoms with Crippen LogP contribution >= 0.6 is 0 Å². The zero-order valence-electron chi connectivity index (χ0n) is 11.4. The Morgan fingerprint density at radius 1 is 1.25 bits per heavy atom. The number of sulfonamides is 1. The lowest BCUT2D eigenvalue weighted by Crippen LogP contribution is -2.25. The number of nitrogens with two attached hydrogens (primary N) is 1. The fourth-order valence-corrected chi connectivity index (χ4v) is 1.95. The topological polar surface area (TPSA) is 78.6 Å². The maximum absolute atomic E-state index is 13.6. The quantitative estimate of drug-likeness (QED) is 0.869. The van der Waals surface area contributed by atoms with Crippen LogP contribution in [0, 0.1) is 11.6 Å². The molecule has 0 atom stereocenters. The second-order valence-corrected chi connectivity index (χ2v) is 6.33. The van der Waals surface area contributed by atoms with Crippen LogP contribution in [-0.4, -0.2) is 27.7 Å². The van der Waals surface area contributed by atoms with E-state index in [1.807, 2.05) is 13.8 Å². The third-order valence-electron chi connectivity index (χ3n) is 2.83. The zero-order valence-corrected chi connectivity index (χ0v) is 12.3. The monoisotopic (exact) mass is 309 g/mol. The van der Waals surface area contributed by atoms with E-state index in [1.165, 1.54) is 7.11 Å². The number of rotatable bonds is 6. The molecule has 0 saturated heterocycles. The van der Waals surface area contributed by atoms with E-state index >= 15 is 0 Å². The van der Waals surface area contributed by atoms with E-state index < -0.39 is 32.2 Å². The lowest BCUT2D eigenvalue weighted by atomic mass is 10.1. The fourth-order valence-electron chi connectivity index (χ4n) is 1.35. The molecule has 0 heterocycles. The maximum atomic E-state index is 13.6. The van der Waals surface area contributed by atoms with Gasteiger partial charge < -0.3 is 9.47 Å².